The summed E-state index contributed by atoms with van der Waals surface area (Å²) in [6, 6.07) is -0.247. The van der Waals surface area contributed by atoms with Gasteiger partial charge in [0, 0.05) is 26.3 Å². The van der Waals surface area contributed by atoms with E-state index in [1.807, 2.05) is 0 Å². The lowest BCUT2D eigenvalue weighted by Gasteiger charge is -2.30. The molecule has 116 valence electrons. The van der Waals surface area contributed by atoms with Gasteiger partial charge in [0.15, 0.2) is 6.10 Å². The van der Waals surface area contributed by atoms with Crippen LogP contribution in [0.2, 0.25) is 0 Å². The minimum Gasteiger partial charge on any atom is -0.479 e. The van der Waals surface area contributed by atoms with Gasteiger partial charge in [-0.1, -0.05) is 13.8 Å². The van der Waals surface area contributed by atoms with Gasteiger partial charge in [0.1, 0.15) is 0 Å². The van der Waals surface area contributed by atoms with Crippen LogP contribution < -0.4 is 5.32 Å². The van der Waals surface area contributed by atoms with Crippen molar-refractivity contribution in [1.82, 2.24) is 10.2 Å². The van der Waals surface area contributed by atoms with E-state index in [0.717, 1.165) is 13.0 Å². The van der Waals surface area contributed by atoms with Gasteiger partial charge in [-0.2, -0.15) is 0 Å². The fourth-order valence-corrected chi connectivity index (χ4v) is 1.78. The molecule has 2 amide bonds. The Morgan fingerprint density at radius 2 is 2.25 bits per heavy atom. The van der Waals surface area contributed by atoms with Crippen LogP contribution in [0.5, 0.6) is 0 Å². The van der Waals surface area contributed by atoms with Crippen molar-refractivity contribution in [3.8, 4) is 0 Å². The molecule has 0 radical (unpaired) electrons. The maximum atomic E-state index is 11.8. The Bertz CT molecular complexity index is 322. The normalized spacial score (nSPS) is 19.1. The number of hydrogen-bond acceptors (Lipinski definition) is 4. The van der Waals surface area contributed by atoms with Gasteiger partial charge in [0.05, 0.1) is 13.2 Å². The molecule has 1 fully saturated rings. The van der Waals surface area contributed by atoms with Crippen molar-refractivity contribution in [3.63, 3.8) is 0 Å². The molecule has 0 aromatic heterocycles. The molecule has 1 aliphatic rings. The summed E-state index contributed by atoms with van der Waals surface area (Å²) in [5, 5.41) is 11.6. The van der Waals surface area contributed by atoms with Gasteiger partial charge in [0.25, 0.3) is 0 Å². The average Bonchev–Trinajstić information content (AvgIpc) is 2.42. The summed E-state index contributed by atoms with van der Waals surface area (Å²) in [5.74, 6) is -0.532. The van der Waals surface area contributed by atoms with Gasteiger partial charge < -0.3 is 24.8 Å². The van der Waals surface area contributed by atoms with Crippen LogP contribution in [0.1, 0.15) is 20.3 Å². The Morgan fingerprint density at radius 1 is 1.50 bits per heavy atom. The van der Waals surface area contributed by atoms with Crippen molar-refractivity contribution in [2.24, 2.45) is 5.92 Å². The number of carboxylic acid groups (broad SMARTS) is 1. The molecule has 1 rings (SSSR count). The number of ether oxygens (including phenoxy) is 2. The predicted molar refractivity (Wildman–Crippen MR) is 72.6 cm³/mol. The highest BCUT2D eigenvalue weighted by atomic mass is 16.5. The van der Waals surface area contributed by atoms with Gasteiger partial charge in [-0.15, -0.1) is 0 Å². The molecule has 2 N–H and O–H groups in total. The second kappa shape index (κ2) is 8.76. The predicted octanol–water partition coefficient (Wildman–Crippen LogP) is 0.544. The Kier molecular flexibility index (Phi) is 7.32. The molecule has 0 bridgehead atoms. The number of morpholine rings is 1. The zero-order chi connectivity index (χ0) is 15.0. The number of rotatable bonds is 7. The van der Waals surface area contributed by atoms with E-state index in [9.17, 15) is 9.59 Å². The molecule has 1 saturated heterocycles. The molecule has 7 nitrogen and oxygen atoms in total. The number of amides is 2. The molecule has 1 aliphatic heterocycles. The second-order valence-corrected chi connectivity index (χ2v) is 5.20. The van der Waals surface area contributed by atoms with Crippen LogP contribution in [0.15, 0.2) is 0 Å². The Labute approximate surface area is 119 Å². The van der Waals surface area contributed by atoms with Gasteiger partial charge in [0.2, 0.25) is 0 Å². The molecular weight excluding hydrogens is 264 g/mol. The highest BCUT2D eigenvalue weighted by Gasteiger charge is 2.28. The summed E-state index contributed by atoms with van der Waals surface area (Å²) in [4.78, 5) is 24.1. The molecule has 1 heterocycles. The van der Waals surface area contributed by atoms with Gasteiger partial charge >= 0.3 is 12.0 Å². The molecule has 0 aliphatic carbocycles. The fourth-order valence-electron chi connectivity index (χ4n) is 1.78. The van der Waals surface area contributed by atoms with Crippen molar-refractivity contribution >= 4 is 12.0 Å². The van der Waals surface area contributed by atoms with Crippen LogP contribution in [-0.2, 0) is 14.3 Å². The highest BCUT2D eigenvalue weighted by Crippen LogP contribution is 2.05. The number of hydrogen-bond donors (Lipinski definition) is 2. The lowest BCUT2D eigenvalue weighted by molar-refractivity contribution is -0.154. The molecule has 0 aromatic rings. The van der Waals surface area contributed by atoms with E-state index in [-0.39, 0.29) is 19.2 Å². The first-order chi connectivity index (χ1) is 9.50. The summed E-state index contributed by atoms with van der Waals surface area (Å²) in [5.41, 5.74) is 0. The van der Waals surface area contributed by atoms with E-state index in [1.165, 1.54) is 4.90 Å². The Morgan fingerprint density at radius 3 is 2.90 bits per heavy atom. The minimum absolute atomic E-state index is 0.0883. The van der Waals surface area contributed by atoms with E-state index < -0.39 is 12.1 Å². The fraction of sp³-hybridized carbons (Fsp3) is 0.846. The number of carbonyl (C=O) groups is 2. The monoisotopic (exact) mass is 288 g/mol. The van der Waals surface area contributed by atoms with E-state index >= 15 is 0 Å². The third kappa shape index (κ3) is 6.21. The molecule has 1 atom stereocenters. The van der Waals surface area contributed by atoms with Crippen LogP contribution in [0.25, 0.3) is 0 Å². The number of carboxylic acids is 1. The zero-order valence-electron chi connectivity index (χ0n) is 12.1. The maximum absolute atomic E-state index is 11.8. The zero-order valence-corrected chi connectivity index (χ0v) is 12.1. The van der Waals surface area contributed by atoms with E-state index in [2.05, 4.69) is 19.2 Å². The topological polar surface area (TPSA) is 88.1 Å². The number of carbonyl (C=O) groups excluding carboxylic acids is 1. The maximum Gasteiger partial charge on any atom is 0.334 e. The molecule has 0 saturated carbocycles. The van der Waals surface area contributed by atoms with Gasteiger partial charge in [-0.05, 0) is 12.3 Å². The van der Waals surface area contributed by atoms with Crippen molar-refractivity contribution in [1.29, 1.82) is 0 Å². The van der Waals surface area contributed by atoms with Crippen LogP contribution in [0.4, 0.5) is 4.79 Å². The van der Waals surface area contributed by atoms with Crippen molar-refractivity contribution in [2.45, 2.75) is 26.4 Å². The molecule has 0 aromatic carbocycles. The van der Waals surface area contributed by atoms with Crippen molar-refractivity contribution < 1.29 is 24.2 Å². The standard InChI is InChI=1S/C13H24N2O5/c1-10(2)9-19-6-3-4-14-13(18)15-5-7-20-11(8-15)12(16)17/h10-11H,3-9H2,1-2H3,(H,14,18)(H,16,17). The van der Waals surface area contributed by atoms with Gasteiger partial charge in [-0.3, -0.25) is 0 Å². The molecule has 7 heteroatoms. The van der Waals surface area contributed by atoms with Crippen LogP contribution >= 0.6 is 0 Å². The smallest absolute Gasteiger partial charge is 0.334 e. The molecule has 0 spiro atoms. The summed E-state index contributed by atoms with van der Waals surface area (Å²) in [6.45, 7) is 6.77. The first-order valence-electron chi connectivity index (χ1n) is 6.95. The SMILES string of the molecule is CC(C)COCCCNC(=O)N1CCOC(C(=O)O)C1. The van der Waals surface area contributed by atoms with E-state index in [4.69, 9.17) is 14.6 Å². The van der Waals surface area contributed by atoms with Gasteiger partial charge in [-0.25, -0.2) is 9.59 Å². The number of nitrogens with zero attached hydrogens (tertiary/aromatic N) is 1. The third-order valence-corrected chi connectivity index (χ3v) is 2.82. The lowest BCUT2D eigenvalue weighted by atomic mass is 10.2. The number of aliphatic carboxylic acids is 1. The molecule has 1 unspecified atom stereocenters. The largest absolute Gasteiger partial charge is 0.479 e. The number of urea groups is 1. The van der Waals surface area contributed by atoms with Crippen molar-refractivity contribution in [2.75, 3.05) is 39.5 Å². The third-order valence-electron chi connectivity index (χ3n) is 2.82. The minimum atomic E-state index is -1.04. The summed E-state index contributed by atoms with van der Waals surface area (Å²) in [7, 11) is 0. The van der Waals surface area contributed by atoms with E-state index in [0.29, 0.717) is 25.6 Å². The molecular formula is C13H24N2O5. The quantitative estimate of drug-likeness (QED) is 0.668. The summed E-state index contributed by atoms with van der Waals surface area (Å²) >= 11 is 0. The Hall–Kier alpha value is -1.34. The highest BCUT2D eigenvalue weighted by molar-refractivity contribution is 5.77. The van der Waals surface area contributed by atoms with Crippen LogP contribution in [-0.4, -0.2) is 67.6 Å². The second-order valence-electron chi connectivity index (χ2n) is 5.20. The molecule has 20 heavy (non-hydrogen) atoms. The van der Waals surface area contributed by atoms with Crippen molar-refractivity contribution in [3.05, 3.63) is 0 Å². The average molecular weight is 288 g/mol. The summed E-state index contributed by atoms with van der Waals surface area (Å²) in [6.07, 6.45) is -0.186. The number of nitrogens with one attached hydrogen (secondary N) is 1. The van der Waals surface area contributed by atoms with Crippen LogP contribution in [0.3, 0.4) is 0 Å². The lowest BCUT2D eigenvalue weighted by Crippen LogP contribution is -2.51. The van der Waals surface area contributed by atoms with E-state index in [1.54, 1.807) is 0 Å². The Balaban J connectivity index is 2.14. The first kappa shape index (κ1) is 16.7. The summed E-state index contributed by atoms with van der Waals surface area (Å²) < 4.78 is 10.5. The first-order valence-corrected chi connectivity index (χ1v) is 6.95. The van der Waals surface area contributed by atoms with Crippen LogP contribution in [0, 0.1) is 5.92 Å².